The SMILES string of the molecule is CC(C)CCCN1Cc2ccccc2C(C(=O)O)C1. The van der Waals surface area contributed by atoms with Crippen LogP contribution < -0.4 is 0 Å². The van der Waals surface area contributed by atoms with Gasteiger partial charge in [-0.2, -0.15) is 0 Å². The number of rotatable bonds is 5. The number of carbonyl (C=O) groups is 1. The van der Waals surface area contributed by atoms with Crippen LogP contribution in [0.4, 0.5) is 0 Å². The van der Waals surface area contributed by atoms with Crippen LogP contribution in [0.2, 0.25) is 0 Å². The van der Waals surface area contributed by atoms with Gasteiger partial charge in [0.25, 0.3) is 0 Å². The van der Waals surface area contributed by atoms with Gasteiger partial charge < -0.3 is 5.11 Å². The number of nitrogens with zero attached hydrogens (tertiary/aromatic N) is 1. The van der Waals surface area contributed by atoms with E-state index < -0.39 is 5.97 Å². The summed E-state index contributed by atoms with van der Waals surface area (Å²) in [6, 6.07) is 7.94. The Labute approximate surface area is 115 Å². The monoisotopic (exact) mass is 261 g/mol. The summed E-state index contributed by atoms with van der Waals surface area (Å²) >= 11 is 0. The maximum Gasteiger partial charge on any atom is 0.312 e. The van der Waals surface area contributed by atoms with Gasteiger partial charge in [0, 0.05) is 13.1 Å². The highest BCUT2D eigenvalue weighted by molar-refractivity contribution is 5.77. The van der Waals surface area contributed by atoms with Gasteiger partial charge in [0.1, 0.15) is 0 Å². The number of carboxylic acid groups (broad SMARTS) is 1. The van der Waals surface area contributed by atoms with Crippen molar-refractivity contribution in [3.8, 4) is 0 Å². The average molecular weight is 261 g/mol. The molecule has 1 aliphatic rings. The second-order valence-corrected chi connectivity index (χ2v) is 5.86. The third kappa shape index (κ3) is 3.57. The highest BCUT2D eigenvalue weighted by atomic mass is 16.4. The van der Waals surface area contributed by atoms with E-state index in [9.17, 15) is 9.90 Å². The fourth-order valence-corrected chi connectivity index (χ4v) is 2.78. The molecule has 3 nitrogen and oxygen atoms in total. The summed E-state index contributed by atoms with van der Waals surface area (Å²) in [7, 11) is 0. The number of fused-ring (bicyclic) bond motifs is 1. The molecule has 0 aromatic heterocycles. The predicted octanol–water partition coefficient (Wildman–Crippen LogP) is 3.11. The lowest BCUT2D eigenvalue weighted by molar-refractivity contribution is -0.139. The first-order valence-corrected chi connectivity index (χ1v) is 7.11. The largest absolute Gasteiger partial charge is 0.481 e. The zero-order valence-electron chi connectivity index (χ0n) is 11.8. The summed E-state index contributed by atoms with van der Waals surface area (Å²) in [6.07, 6.45) is 2.35. The van der Waals surface area contributed by atoms with Crippen LogP contribution in [0.25, 0.3) is 0 Å². The van der Waals surface area contributed by atoms with Crippen molar-refractivity contribution in [3.63, 3.8) is 0 Å². The maximum atomic E-state index is 11.4. The van der Waals surface area contributed by atoms with Crippen LogP contribution >= 0.6 is 0 Å². The molecule has 2 rings (SSSR count). The zero-order valence-corrected chi connectivity index (χ0v) is 11.8. The summed E-state index contributed by atoms with van der Waals surface area (Å²) in [6.45, 7) is 6.98. The van der Waals surface area contributed by atoms with E-state index in [-0.39, 0.29) is 5.92 Å². The Hall–Kier alpha value is -1.35. The third-order valence-corrected chi connectivity index (χ3v) is 3.82. The summed E-state index contributed by atoms with van der Waals surface area (Å²) < 4.78 is 0. The van der Waals surface area contributed by atoms with Gasteiger partial charge in [0.2, 0.25) is 0 Å². The molecule has 0 fully saturated rings. The van der Waals surface area contributed by atoms with Crippen LogP contribution in [-0.2, 0) is 11.3 Å². The molecule has 0 bridgehead atoms. The van der Waals surface area contributed by atoms with Crippen molar-refractivity contribution >= 4 is 5.97 Å². The highest BCUT2D eigenvalue weighted by Crippen LogP contribution is 2.28. The van der Waals surface area contributed by atoms with Crippen LogP contribution in [0.3, 0.4) is 0 Å². The summed E-state index contributed by atoms with van der Waals surface area (Å²) in [4.78, 5) is 13.7. The molecule has 0 aliphatic carbocycles. The molecule has 1 aromatic rings. The van der Waals surface area contributed by atoms with Crippen LogP contribution in [0.15, 0.2) is 24.3 Å². The van der Waals surface area contributed by atoms with Gasteiger partial charge in [0.05, 0.1) is 5.92 Å². The fourth-order valence-electron chi connectivity index (χ4n) is 2.78. The van der Waals surface area contributed by atoms with Crippen molar-refractivity contribution in [1.82, 2.24) is 4.90 Å². The lowest BCUT2D eigenvalue weighted by atomic mass is 9.89. The fraction of sp³-hybridized carbons (Fsp3) is 0.562. The predicted molar refractivity (Wildman–Crippen MR) is 76.2 cm³/mol. The number of aliphatic carboxylic acids is 1. The Morgan fingerprint density at radius 2 is 2.16 bits per heavy atom. The Bertz CT molecular complexity index is 442. The Balaban J connectivity index is 2.05. The van der Waals surface area contributed by atoms with Gasteiger partial charge in [0.15, 0.2) is 0 Å². The molecule has 19 heavy (non-hydrogen) atoms. The van der Waals surface area contributed by atoms with Crippen molar-refractivity contribution in [3.05, 3.63) is 35.4 Å². The normalized spacial score (nSPS) is 19.4. The van der Waals surface area contributed by atoms with E-state index in [1.54, 1.807) is 0 Å². The van der Waals surface area contributed by atoms with Crippen LogP contribution in [0.1, 0.15) is 43.7 Å². The van der Waals surface area contributed by atoms with Crippen LogP contribution in [0.5, 0.6) is 0 Å². The molecule has 1 aromatic carbocycles. The van der Waals surface area contributed by atoms with Gasteiger partial charge >= 0.3 is 5.97 Å². The molecule has 104 valence electrons. The van der Waals surface area contributed by atoms with E-state index in [4.69, 9.17) is 0 Å². The molecule has 1 atom stereocenters. The van der Waals surface area contributed by atoms with Gasteiger partial charge in [-0.05, 0) is 36.4 Å². The Kier molecular flexibility index (Phi) is 4.59. The Morgan fingerprint density at radius 3 is 2.84 bits per heavy atom. The van der Waals surface area contributed by atoms with Gasteiger partial charge in [-0.25, -0.2) is 0 Å². The van der Waals surface area contributed by atoms with E-state index in [0.29, 0.717) is 12.5 Å². The first-order valence-electron chi connectivity index (χ1n) is 7.11. The molecule has 0 amide bonds. The molecule has 1 aliphatic heterocycles. The lowest BCUT2D eigenvalue weighted by Gasteiger charge is -2.32. The number of hydrogen-bond donors (Lipinski definition) is 1. The second-order valence-electron chi connectivity index (χ2n) is 5.86. The first kappa shape index (κ1) is 14.1. The van der Waals surface area contributed by atoms with E-state index in [2.05, 4.69) is 24.8 Å². The first-order chi connectivity index (χ1) is 9.08. The molecule has 1 heterocycles. The van der Waals surface area contributed by atoms with Gasteiger partial charge in [-0.15, -0.1) is 0 Å². The minimum absolute atomic E-state index is 0.371. The maximum absolute atomic E-state index is 11.4. The summed E-state index contributed by atoms with van der Waals surface area (Å²) in [5.74, 6) is -0.364. The minimum atomic E-state index is -0.707. The summed E-state index contributed by atoms with van der Waals surface area (Å²) in [5, 5.41) is 9.39. The molecule has 0 saturated carbocycles. The quantitative estimate of drug-likeness (QED) is 0.885. The van der Waals surface area contributed by atoms with E-state index in [0.717, 1.165) is 25.1 Å². The van der Waals surface area contributed by atoms with Crippen LogP contribution in [-0.4, -0.2) is 29.1 Å². The summed E-state index contributed by atoms with van der Waals surface area (Å²) in [5.41, 5.74) is 2.17. The van der Waals surface area contributed by atoms with Gasteiger partial charge in [-0.1, -0.05) is 38.1 Å². The van der Waals surface area contributed by atoms with Crippen molar-refractivity contribution in [1.29, 1.82) is 0 Å². The van der Waals surface area contributed by atoms with Crippen molar-refractivity contribution < 1.29 is 9.90 Å². The molecule has 1 N–H and O–H groups in total. The van der Waals surface area contributed by atoms with Crippen molar-refractivity contribution in [2.75, 3.05) is 13.1 Å². The molecule has 0 spiro atoms. The lowest BCUT2D eigenvalue weighted by Crippen LogP contribution is -2.37. The van der Waals surface area contributed by atoms with Gasteiger partial charge in [-0.3, -0.25) is 9.69 Å². The molecule has 0 saturated heterocycles. The van der Waals surface area contributed by atoms with E-state index >= 15 is 0 Å². The number of benzene rings is 1. The topological polar surface area (TPSA) is 40.5 Å². The molecule has 1 unspecified atom stereocenters. The minimum Gasteiger partial charge on any atom is -0.481 e. The smallest absolute Gasteiger partial charge is 0.312 e. The highest BCUT2D eigenvalue weighted by Gasteiger charge is 2.29. The molecular formula is C16H23NO2. The molecule has 3 heteroatoms. The van der Waals surface area contributed by atoms with Crippen LogP contribution in [0, 0.1) is 5.92 Å². The zero-order chi connectivity index (χ0) is 13.8. The van der Waals surface area contributed by atoms with E-state index in [1.807, 2.05) is 18.2 Å². The standard InChI is InChI=1S/C16H23NO2/c1-12(2)6-5-9-17-10-13-7-3-4-8-14(13)15(11-17)16(18)19/h3-4,7-8,12,15H,5-6,9-11H2,1-2H3,(H,18,19). The molecule has 0 radical (unpaired) electrons. The third-order valence-electron chi connectivity index (χ3n) is 3.82. The molecular weight excluding hydrogens is 238 g/mol. The van der Waals surface area contributed by atoms with E-state index in [1.165, 1.54) is 12.0 Å². The second kappa shape index (κ2) is 6.20. The average Bonchev–Trinajstić information content (AvgIpc) is 2.37. The van der Waals surface area contributed by atoms with Crippen molar-refractivity contribution in [2.24, 2.45) is 5.92 Å². The number of hydrogen-bond acceptors (Lipinski definition) is 2. The number of carboxylic acids is 1. The Morgan fingerprint density at radius 1 is 1.42 bits per heavy atom. The van der Waals surface area contributed by atoms with Crippen molar-refractivity contribution in [2.45, 2.75) is 39.2 Å².